The molecule has 0 heterocycles. The second-order valence-electron chi connectivity index (χ2n) is 5.81. The molecular weight excluding hydrogens is 295 g/mol. The summed E-state index contributed by atoms with van der Waals surface area (Å²) < 4.78 is 0. The van der Waals surface area contributed by atoms with Crippen LogP contribution < -0.4 is 10.6 Å². The maximum absolute atomic E-state index is 11.8. The highest BCUT2D eigenvalue weighted by atomic mass is 35.5. The Hall–Kier alpha value is -0.770. The predicted molar refractivity (Wildman–Crippen MR) is 85.4 cm³/mol. The van der Waals surface area contributed by atoms with Crippen LogP contribution in [0.5, 0.6) is 0 Å². The molecule has 0 aliphatic heterocycles. The highest BCUT2D eigenvalue weighted by Gasteiger charge is 2.17. The highest BCUT2D eigenvalue weighted by molar-refractivity contribution is 6.35. The summed E-state index contributed by atoms with van der Waals surface area (Å²) in [5, 5.41) is 7.38. The molecule has 20 heavy (non-hydrogen) atoms. The fourth-order valence-electron chi connectivity index (χ4n) is 1.94. The van der Waals surface area contributed by atoms with Crippen LogP contribution in [0.25, 0.3) is 0 Å². The maximum atomic E-state index is 11.8. The van der Waals surface area contributed by atoms with Crippen LogP contribution in [0.1, 0.15) is 45.7 Å². The Labute approximate surface area is 131 Å². The largest absolute Gasteiger partial charge is 0.350 e. The third-order valence-electron chi connectivity index (χ3n) is 2.77. The lowest BCUT2D eigenvalue weighted by Crippen LogP contribution is -2.45. The fraction of sp³-hybridized carbons (Fsp3) is 0.533. The molecule has 1 rings (SSSR count). The minimum atomic E-state index is -0.224. The highest BCUT2D eigenvalue weighted by Crippen LogP contribution is 2.27. The van der Waals surface area contributed by atoms with Gasteiger partial charge in [-0.15, -0.1) is 0 Å². The van der Waals surface area contributed by atoms with Crippen molar-refractivity contribution in [3.05, 3.63) is 33.8 Å². The van der Waals surface area contributed by atoms with Gasteiger partial charge < -0.3 is 10.6 Å². The lowest BCUT2D eigenvalue weighted by Gasteiger charge is -2.23. The zero-order valence-electron chi connectivity index (χ0n) is 12.4. The van der Waals surface area contributed by atoms with E-state index in [9.17, 15) is 4.79 Å². The van der Waals surface area contributed by atoms with Gasteiger partial charge in [0.2, 0.25) is 5.91 Å². The number of nitrogens with one attached hydrogen (secondary N) is 2. The monoisotopic (exact) mass is 316 g/mol. The molecule has 1 amide bonds. The molecule has 1 unspecified atom stereocenters. The molecule has 5 heteroatoms. The number of carbonyl (C=O) groups excluding carboxylic acids is 1. The summed E-state index contributed by atoms with van der Waals surface area (Å²) in [6, 6.07) is 5.46. The molecule has 0 saturated carbocycles. The summed E-state index contributed by atoms with van der Waals surface area (Å²) in [5.74, 6) is -0.0268. The first-order valence-electron chi connectivity index (χ1n) is 6.72. The Balaban J connectivity index is 2.66. The average Bonchev–Trinajstić information content (AvgIpc) is 2.29. The van der Waals surface area contributed by atoms with E-state index < -0.39 is 0 Å². The zero-order valence-corrected chi connectivity index (χ0v) is 13.9. The van der Waals surface area contributed by atoms with Crippen LogP contribution in [0.15, 0.2) is 18.2 Å². The molecule has 0 radical (unpaired) electrons. The molecule has 1 aromatic carbocycles. The number of hydrogen-bond acceptors (Lipinski definition) is 2. The van der Waals surface area contributed by atoms with E-state index in [0.29, 0.717) is 10.0 Å². The maximum Gasteiger partial charge on any atom is 0.234 e. The summed E-state index contributed by atoms with van der Waals surface area (Å²) in [7, 11) is 0. The molecule has 0 fully saturated rings. The summed E-state index contributed by atoms with van der Waals surface area (Å²) in [6.45, 7) is 8.17. The Kier molecular flexibility index (Phi) is 6.31. The van der Waals surface area contributed by atoms with Gasteiger partial charge in [0.25, 0.3) is 0 Å². The van der Waals surface area contributed by atoms with Crippen molar-refractivity contribution in [3.63, 3.8) is 0 Å². The summed E-state index contributed by atoms with van der Waals surface area (Å²) in [6.07, 6.45) is 0.837. The summed E-state index contributed by atoms with van der Waals surface area (Å²) >= 11 is 12.1. The van der Waals surface area contributed by atoms with Crippen LogP contribution in [0.2, 0.25) is 10.0 Å². The quantitative estimate of drug-likeness (QED) is 0.863. The van der Waals surface area contributed by atoms with Crippen molar-refractivity contribution in [1.82, 2.24) is 10.6 Å². The SMILES string of the molecule is CCC(NCC(=O)NC(C)(C)C)c1ccc(Cl)cc1Cl. The Bertz CT molecular complexity index is 469. The van der Waals surface area contributed by atoms with Gasteiger partial charge in [0.05, 0.1) is 6.54 Å². The average molecular weight is 317 g/mol. The van der Waals surface area contributed by atoms with Gasteiger partial charge in [-0.2, -0.15) is 0 Å². The normalized spacial score (nSPS) is 13.1. The Morgan fingerprint density at radius 3 is 2.45 bits per heavy atom. The molecule has 0 aromatic heterocycles. The summed E-state index contributed by atoms with van der Waals surface area (Å²) in [5.41, 5.74) is 0.736. The molecular formula is C15H22Cl2N2O. The van der Waals surface area contributed by atoms with E-state index in [4.69, 9.17) is 23.2 Å². The molecule has 112 valence electrons. The van der Waals surface area contributed by atoms with Crippen molar-refractivity contribution in [2.45, 2.75) is 45.7 Å². The summed E-state index contributed by atoms with van der Waals surface area (Å²) in [4.78, 5) is 11.8. The van der Waals surface area contributed by atoms with Gasteiger partial charge in [0.15, 0.2) is 0 Å². The number of halogens is 2. The molecule has 0 bridgehead atoms. The minimum absolute atomic E-state index is 0.0268. The zero-order chi connectivity index (χ0) is 15.3. The van der Waals surface area contributed by atoms with E-state index >= 15 is 0 Å². The molecule has 3 nitrogen and oxygen atoms in total. The smallest absolute Gasteiger partial charge is 0.234 e. The van der Waals surface area contributed by atoms with E-state index in [0.717, 1.165) is 12.0 Å². The van der Waals surface area contributed by atoms with Crippen molar-refractivity contribution >= 4 is 29.1 Å². The van der Waals surface area contributed by atoms with Crippen molar-refractivity contribution in [2.75, 3.05) is 6.54 Å². The van der Waals surface area contributed by atoms with E-state index in [-0.39, 0.29) is 24.0 Å². The van der Waals surface area contributed by atoms with Crippen molar-refractivity contribution in [3.8, 4) is 0 Å². The van der Waals surface area contributed by atoms with Gasteiger partial charge in [-0.3, -0.25) is 4.79 Å². The minimum Gasteiger partial charge on any atom is -0.350 e. The Morgan fingerprint density at radius 2 is 1.95 bits per heavy atom. The standard InChI is InChI=1S/C15H22Cl2N2O/c1-5-13(11-7-6-10(16)8-12(11)17)18-9-14(20)19-15(2,3)4/h6-8,13,18H,5,9H2,1-4H3,(H,19,20). The third kappa shape index (κ3) is 5.70. The molecule has 0 aliphatic rings. The number of carbonyl (C=O) groups is 1. The molecule has 2 N–H and O–H groups in total. The van der Waals surface area contributed by atoms with Gasteiger partial charge in [-0.05, 0) is 44.9 Å². The molecule has 0 saturated heterocycles. The second-order valence-corrected chi connectivity index (χ2v) is 6.65. The molecule has 0 aliphatic carbocycles. The fourth-order valence-corrected chi connectivity index (χ4v) is 2.48. The van der Waals surface area contributed by atoms with Gasteiger partial charge in [0, 0.05) is 21.6 Å². The first-order valence-corrected chi connectivity index (χ1v) is 7.48. The molecule has 1 aromatic rings. The lowest BCUT2D eigenvalue weighted by atomic mass is 10.0. The van der Waals surface area contributed by atoms with Gasteiger partial charge >= 0.3 is 0 Å². The molecule has 1 atom stereocenters. The first-order chi connectivity index (χ1) is 9.23. The van der Waals surface area contributed by atoms with Crippen molar-refractivity contribution in [2.24, 2.45) is 0 Å². The molecule has 0 spiro atoms. The van der Waals surface area contributed by atoms with Crippen LogP contribution in [0.4, 0.5) is 0 Å². The van der Waals surface area contributed by atoms with Gasteiger partial charge in [-0.25, -0.2) is 0 Å². The number of rotatable bonds is 5. The van der Waals surface area contributed by atoms with Crippen molar-refractivity contribution < 1.29 is 4.79 Å². The van der Waals surface area contributed by atoms with Gasteiger partial charge in [-0.1, -0.05) is 36.2 Å². The second kappa shape index (κ2) is 7.30. The van der Waals surface area contributed by atoms with Crippen molar-refractivity contribution in [1.29, 1.82) is 0 Å². The van der Waals surface area contributed by atoms with Crippen LogP contribution >= 0.6 is 23.2 Å². The number of hydrogen-bond donors (Lipinski definition) is 2. The Morgan fingerprint density at radius 1 is 1.30 bits per heavy atom. The van der Waals surface area contributed by atoms with Crippen LogP contribution in [-0.4, -0.2) is 18.0 Å². The van der Waals surface area contributed by atoms with Crippen LogP contribution in [0.3, 0.4) is 0 Å². The number of amides is 1. The topological polar surface area (TPSA) is 41.1 Å². The first kappa shape index (κ1) is 17.3. The predicted octanol–water partition coefficient (Wildman–Crippen LogP) is 3.95. The van der Waals surface area contributed by atoms with Gasteiger partial charge in [0.1, 0.15) is 0 Å². The van der Waals surface area contributed by atoms with E-state index in [1.54, 1.807) is 6.07 Å². The van der Waals surface area contributed by atoms with Crippen LogP contribution in [0, 0.1) is 0 Å². The van der Waals surface area contributed by atoms with E-state index in [2.05, 4.69) is 10.6 Å². The van der Waals surface area contributed by atoms with Crippen LogP contribution in [-0.2, 0) is 4.79 Å². The van der Waals surface area contributed by atoms with E-state index in [1.165, 1.54) is 0 Å². The number of benzene rings is 1. The van der Waals surface area contributed by atoms with E-state index in [1.807, 2.05) is 39.8 Å². The lowest BCUT2D eigenvalue weighted by molar-refractivity contribution is -0.121. The third-order valence-corrected chi connectivity index (χ3v) is 3.33.